The summed E-state index contributed by atoms with van der Waals surface area (Å²) in [6, 6.07) is 5.08. The van der Waals surface area contributed by atoms with Crippen LogP contribution in [0.15, 0.2) is 37.2 Å². The van der Waals surface area contributed by atoms with Gasteiger partial charge in [-0.2, -0.15) is 23.7 Å². The molecule has 3 aromatic rings. The normalized spacial score (nSPS) is 25.9. The molecule has 3 aromatic heterocycles. The zero-order valence-electron chi connectivity index (χ0n) is 28.1. The Labute approximate surface area is 289 Å². The van der Waals surface area contributed by atoms with Crippen molar-refractivity contribution < 1.29 is 13.2 Å². The molecular formula is C33H41F3N14. The third-order valence-corrected chi connectivity index (χ3v) is 9.38. The summed E-state index contributed by atoms with van der Waals surface area (Å²) in [5, 5.41) is 29.8. The third kappa shape index (κ3) is 8.90. The third-order valence-electron chi connectivity index (χ3n) is 9.38. The van der Waals surface area contributed by atoms with Crippen LogP contribution in [0.3, 0.4) is 0 Å². The monoisotopic (exact) mass is 690 g/mol. The van der Waals surface area contributed by atoms with Crippen molar-refractivity contribution in [3.63, 3.8) is 0 Å². The minimum absolute atomic E-state index is 0.106. The fourth-order valence-electron chi connectivity index (χ4n) is 7.20. The molecule has 0 amide bonds. The first kappa shape index (κ1) is 35.1. The van der Waals surface area contributed by atoms with E-state index in [0.717, 1.165) is 57.3 Å². The van der Waals surface area contributed by atoms with Gasteiger partial charge in [-0.15, -0.1) is 0 Å². The van der Waals surface area contributed by atoms with E-state index < -0.39 is 11.9 Å². The summed E-state index contributed by atoms with van der Waals surface area (Å²) in [7, 11) is 0. The molecule has 3 fully saturated rings. The maximum absolute atomic E-state index is 13.0. The van der Waals surface area contributed by atoms with E-state index >= 15 is 0 Å². The van der Waals surface area contributed by atoms with E-state index in [9.17, 15) is 23.7 Å². The predicted octanol–water partition coefficient (Wildman–Crippen LogP) is 2.26. The number of piperazine rings is 3. The van der Waals surface area contributed by atoms with Crippen LogP contribution in [0, 0.1) is 22.7 Å². The summed E-state index contributed by atoms with van der Waals surface area (Å²) in [5.74, 6) is 1.87. The van der Waals surface area contributed by atoms with Crippen LogP contribution in [-0.2, 0) is 6.18 Å². The van der Waals surface area contributed by atoms with Crippen LogP contribution < -0.4 is 30.7 Å². The van der Waals surface area contributed by atoms with Gasteiger partial charge in [0.05, 0.1) is 37.2 Å². The van der Waals surface area contributed by atoms with E-state index in [1.165, 1.54) is 18.6 Å². The van der Waals surface area contributed by atoms with Gasteiger partial charge in [0.1, 0.15) is 29.6 Å². The molecule has 0 saturated carbocycles. The summed E-state index contributed by atoms with van der Waals surface area (Å²) in [6.45, 7) is 8.40. The standard InChI is InChI=1S/C33H41F3N14/c1-21-15-48(31-14-41-29(11-43-31)33(34,35)36)17-23(44-21)3-5-25-19-50(30-13-40-27(7-37)10-42-30)20-26(46-25)6-4-24-18-49(16-22(2)45-24)32-12-39-9-28(8-38)47-32/h9-14,21-26,44-46H,3-6,15-20H2,1-2H3/t21-,22-,23+,24-,25-,26+/m1/s1. The van der Waals surface area contributed by atoms with Crippen molar-refractivity contribution in [2.75, 3.05) is 54.0 Å². The minimum Gasteiger partial charge on any atom is -0.352 e. The van der Waals surface area contributed by atoms with Gasteiger partial charge >= 0.3 is 6.18 Å². The molecule has 50 heavy (non-hydrogen) atoms. The molecule has 0 radical (unpaired) electrons. The highest BCUT2D eigenvalue weighted by atomic mass is 19.4. The quantitative estimate of drug-likeness (QED) is 0.299. The molecule has 3 saturated heterocycles. The maximum atomic E-state index is 13.0. The lowest BCUT2D eigenvalue weighted by Crippen LogP contribution is -2.59. The average Bonchev–Trinajstić information content (AvgIpc) is 3.12. The molecule has 0 aliphatic carbocycles. The number of anilines is 3. The Balaban J connectivity index is 1.10. The molecule has 6 heterocycles. The molecule has 3 aliphatic heterocycles. The number of rotatable bonds is 9. The van der Waals surface area contributed by atoms with Crippen molar-refractivity contribution >= 4 is 17.5 Å². The predicted molar refractivity (Wildman–Crippen MR) is 179 cm³/mol. The van der Waals surface area contributed by atoms with Crippen LogP contribution in [0.1, 0.15) is 56.6 Å². The highest BCUT2D eigenvalue weighted by molar-refractivity contribution is 5.41. The van der Waals surface area contributed by atoms with Crippen LogP contribution in [0.4, 0.5) is 30.6 Å². The largest absolute Gasteiger partial charge is 0.434 e. The second-order valence-electron chi connectivity index (χ2n) is 13.5. The molecular weight excluding hydrogens is 649 g/mol. The van der Waals surface area contributed by atoms with Crippen LogP contribution in [0.25, 0.3) is 0 Å². The molecule has 264 valence electrons. The van der Waals surface area contributed by atoms with Gasteiger partial charge in [0.25, 0.3) is 0 Å². The van der Waals surface area contributed by atoms with E-state index in [0.29, 0.717) is 37.0 Å². The molecule has 0 bridgehead atoms. The smallest absolute Gasteiger partial charge is 0.352 e. The zero-order chi connectivity index (χ0) is 35.3. The fourth-order valence-corrected chi connectivity index (χ4v) is 7.20. The van der Waals surface area contributed by atoms with Crippen LogP contribution in [0.5, 0.6) is 0 Å². The lowest BCUT2D eigenvalue weighted by molar-refractivity contribution is -0.141. The molecule has 0 aromatic carbocycles. The number of alkyl halides is 3. The number of aromatic nitrogens is 6. The van der Waals surface area contributed by atoms with Crippen molar-refractivity contribution in [3.05, 3.63) is 54.3 Å². The van der Waals surface area contributed by atoms with Crippen LogP contribution in [0.2, 0.25) is 0 Å². The number of hydrogen-bond acceptors (Lipinski definition) is 14. The van der Waals surface area contributed by atoms with E-state index in [1.807, 2.05) is 11.0 Å². The molecule has 0 spiro atoms. The van der Waals surface area contributed by atoms with Gasteiger partial charge in [-0.1, -0.05) is 0 Å². The zero-order valence-corrected chi connectivity index (χ0v) is 28.1. The van der Waals surface area contributed by atoms with Crippen molar-refractivity contribution in [2.24, 2.45) is 0 Å². The number of halogens is 3. The van der Waals surface area contributed by atoms with E-state index in [2.05, 4.69) is 75.6 Å². The van der Waals surface area contributed by atoms with Gasteiger partial charge in [-0.3, -0.25) is 4.98 Å². The van der Waals surface area contributed by atoms with E-state index in [1.54, 1.807) is 12.4 Å². The van der Waals surface area contributed by atoms with E-state index in [-0.39, 0.29) is 41.9 Å². The maximum Gasteiger partial charge on any atom is 0.434 e. The Hall–Kier alpha value is -4.71. The molecule has 3 N–H and O–H groups in total. The molecule has 6 rings (SSSR count). The molecule has 6 atom stereocenters. The lowest BCUT2D eigenvalue weighted by Gasteiger charge is -2.43. The topological polar surface area (TPSA) is 171 Å². The molecule has 3 aliphatic rings. The van der Waals surface area contributed by atoms with Gasteiger partial charge in [0, 0.05) is 75.5 Å². The molecule has 14 nitrogen and oxygen atoms in total. The minimum atomic E-state index is -4.53. The number of nitrogens with one attached hydrogen (secondary N) is 3. The first-order valence-corrected chi connectivity index (χ1v) is 16.9. The SMILES string of the molecule is C[C@@H]1CN(c2cnc(C(F)(F)F)cn2)C[C@H](CC[C@@H]2CN(c3cnc(C#N)cn3)C[C@H](CC[C@@H]3CN(c4cncc(C#N)n4)C[C@@H](C)N3)N2)N1. The van der Waals surface area contributed by atoms with Gasteiger partial charge < -0.3 is 30.7 Å². The number of nitrogens with zero attached hydrogens (tertiary/aromatic N) is 11. The summed E-state index contributed by atoms with van der Waals surface area (Å²) >= 11 is 0. The van der Waals surface area contributed by atoms with E-state index in [4.69, 9.17) is 0 Å². The first-order valence-electron chi connectivity index (χ1n) is 16.9. The summed E-state index contributed by atoms with van der Waals surface area (Å²) < 4.78 is 39.1. The Kier molecular flexibility index (Phi) is 10.9. The average molecular weight is 691 g/mol. The first-order chi connectivity index (χ1) is 24.1. The summed E-state index contributed by atoms with van der Waals surface area (Å²) in [6.07, 6.45) is 7.31. The summed E-state index contributed by atoms with van der Waals surface area (Å²) in [5.41, 5.74) is -0.433. The fraction of sp³-hybridized carbons (Fsp3) is 0.576. The summed E-state index contributed by atoms with van der Waals surface area (Å²) in [4.78, 5) is 31.6. The Morgan fingerprint density at radius 1 is 0.620 bits per heavy atom. The molecule has 17 heteroatoms. The molecule has 0 unspecified atom stereocenters. The van der Waals surface area contributed by atoms with Crippen molar-refractivity contribution in [1.82, 2.24) is 45.9 Å². The number of hydrogen-bond donors (Lipinski definition) is 3. The van der Waals surface area contributed by atoms with Crippen molar-refractivity contribution in [3.8, 4) is 12.1 Å². The highest BCUT2D eigenvalue weighted by Gasteiger charge is 2.34. The van der Waals surface area contributed by atoms with Crippen LogP contribution >= 0.6 is 0 Å². The van der Waals surface area contributed by atoms with Gasteiger partial charge in [0.2, 0.25) is 0 Å². The lowest BCUT2D eigenvalue weighted by atomic mass is 9.96. The van der Waals surface area contributed by atoms with Crippen LogP contribution in [-0.4, -0.2) is 105 Å². The second-order valence-corrected chi connectivity index (χ2v) is 13.5. The Bertz CT molecular complexity index is 1660. The van der Waals surface area contributed by atoms with Crippen molar-refractivity contribution in [1.29, 1.82) is 10.5 Å². The van der Waals surface area contributed by atoms with Gasteiger partial charge in [0.15, 0.2) is 17.1 Å². The second kappa shape index (κ2) is 15.5. The van der Waals surface area contributed by atoms with Gasteiger partial charge in [-0.05, 0) is 39.5 Å². The number of nitriles is 2. The van der Waals surface area contributed by atoms with Crippen molar-refractivity contribution in [2.45, 2.75) is 82.0 Å². The Morgan fingerprint density at radius 2 is 1.12 bits per heavy atom. The highest BCUT2D eigenvalue weighted by Crippen LogP contribution is 2.28. The van der Waals surface area contributed by atoms with Gasteiger partial charge in [-0.25, -0.2) is 24.9 Å². The Morgan fingerprint density at radius 3 is 1.60 bits per heavy atom.